The number of hydrogen-bond acceptors (Lipinski definition) is 2. The van der Waals surface area contributed by atoms with Gasteiger partial charge in [0.2, 0.25) is 0 Å². The number of para-hydroxylation sites is 1. The maximum atomic E-state index is 12.3. The molecule has 0 saturated heterocycles. The summed E-state index contributed by atoms with van der Waals surface area (Å²) in [5.41, 5.74) is 2.58. The van der Waals surface area contributed by atoms with E-state index in [0.717, 1.165) is 16.1 Å². The van der Waals surface area contributed by atoms with E-state index in [1.807, 2.05) is 61.7 Å². The van der Waals surface area contributed by atoms with E-state index in [2.05, 4.69) is 21.2 Å². The molecule has 2 nitrogen and oxygen atoms in total. The number of thioether (sulfide) groups is 1. The fraction of sp³-hybridized carbons (Fsp3) is 0.188. The monoisotopic (exact) mass is 349 g/mol. The van der Waals surface area contributed by atoms with Crippen molar-refractivity contribution in [3.63, 3.8) is 0 Å². The first-order chi connectivity index (χ1) is 9.61. The van der Waals surface area contributed by atoms with Crippen LogP contribution in [0.1, 0.15) is 27.7 Å². The molecule has 1 atom stereocenters. The Morgan fingerprint density at radius 2 is 1.80 bits per heavy atom. The minimum Gasteiger partial charge on any atom is -0.322 e. The van der Waals surface area contributed by atoms with E-state index in [0.29, 0.717) is 5.56 Å². The number of anilines is 1. The van der Waals surface area contributed by atoms with Crippen LogP contribution in [-0.4, -0.2) is 12.2 Å². The SMILES string of the molecule is CSc1ccc(C(=O)Nc2ccccc2C(C)Br)cc1. The first-order valence-electron chi connectivity index (χ1n) is 6.30. The summed E-state index contributed by atoms with van der Waals surface area (Å²) in [5, 5.41) is 2.97. The highest BCUT2D eigenvalue weighted by atomic mass is 79.9. The molecule has 0 radical (unpaired) electrons. The van der Waals surface area contributed by atoms with Crippen LogP contribution in [0.2, 0.25) is 0 Å². The molecule has 0 fully saturated rings. The van der Waals surface area contributed by atoms with Gasteiger partial charge in [-0.15, -0.1) is 11.8 Å². The molecule has 1 N–H and O–H groups in total. The summed E-state index contributed by atoms with van der Waals surface area (Å²) >= 11 is 5.21. The third-order valence-electron chi connectivity index (χ3n) is 2.99. The Morgan fingerprint density at radius 1 is 1.15 bits per heavy atom. The molecule has 0 aliphatic carbocycles. The predicted molar refractivity (Wildman–Crippen MR) is 90.0 cm³/mol. The second-order valence-electron chi connectivity index (χ2n) is 4.39. The third kappa shape index (κ3) is 3.64. The maximum Gasteiger partial charge on any atom is 0.255 e. The van der Waals surface area contributed by atoms with Crippen LogP contribution in [0, 0.1) is 0 Å². The van der Waals surface area contributed by atoms with Gasteiger partial charge in [0.05, 0.1) is 0 Å². The van der Waals surface area contributed by atoms with Crippen molar-refractivity contribution in [3.8, 4) is 0 Å². The molecule has 4 heteroatoms. The lowest BCUT2D eigenvalue weighted by Gasteiger charge is -2.12. The van der Waals surface area contributed by atoms with Crippen molar-refractivity contribution in [1.82, 2.24) is 0 Å². The minimum atomic E-state index is -0.0850. The van der Waals surface area contributed by atoms with Gasteiger partial charge in [0.1, 0.15) is 0 Å². The predicted octanol–water partition coefficient (Wildman–Crippen LogP) is 5.12. The standard InChI is InChI=1S/C16H16BrNOS/c1-11(17)14-5-3-4-6-15(14)18-16(19)12-7-9-13(20-2)10-8-12/h3-11H,1-2H3,(H,18,19). The van der Waals surface area contributed by atoms with Crippen LogP contribution in [0.5, 0.6) is 0 Å². The second-order valence-corrected chi connectivity index (χ2v) is 6.64. The summed E-state index contributed by atoms with van der Waals surface area (Å²) in [4.78, 5) is 13.6. The number of hydrogen-bond donors (Lipinski definition) is 1. The van der Waals surface area contributed by atoms with Crippen LogP contribution in [0.3, 0.4) is 0 Å². The number of carbonyl (C=O) groups excluding carboxylic acids is 1. The molecule has 0 aromatic heterocycles. The molecule has 2 rings (SSSR count). The molecule has 2 aromatic rings. The van der Waals surface area contributed by atoms with Crippen molar-refractivity contribution in [2.24, 2.45) is 0 Å². The third-order valence-corrected chi connectivity index (χ3v) is 4.23. The number of nitrogens with one attached hydrogen (secondary N) is 1. The zero-order valence-electron chi connectivity index (χ0n) is 11.4. The average molecular weight is 350 g/mol. The Hall–Kier alpha value is -1.26. The molecule has 0 aliphatic heterocycles. The van der Waals surface area contributed by atoms with Crippen LogP contribution in [0.25, 0.3) is 0 Å². The average Bonchev–Trinajstić information content (AvgIpc) is 2.47. The van der Waals surface area contributed by atoms with Gasteiger partial charge in [-0.2, -0.15) is 0 Å². The Labute approximate surface area is 132 Å². The van der Waals surface area contributed by atoms with E-state index in [9.17, 15) is 4.79 Å². The van der Waals surface area contributed by atoms with Gasteiger partial charge in [0.25, 0.3) is 5.91 Å². The van der Waals surface area contributed by atoms with E-state index in [-0.39, 0.29) is 10.7 Å². The van der Waals surface area contributed by atoms with Gasteiger partial charge in [-0.05, 0) is 49.1 Å². The number of benzene rings is 2. The summed E-state index contributed by atoms with van der Waals surface area (Å²) in [6, 6.07) is 15.4. The van der Waals surface area contributed by atoms with Crippen molar-refractivity contribution in [2.45, 2.75) is 16.6 Å². The molecular weight excluding hydrogens is 334 g/mol. The van der Waals surface area contributed by atoms with Crippen molar-refractivity contribution in [2.75, 3.05) is 11.6 Å². The molecule has 0 saturated carbocycles. The quantitative estimate of drug-likeness (QED) is 0.613. The fourth-order valence-electron chi connectivity index (χ4n) is 1.89. The molecule has 104 valence electrons. The largest absolute Gasteiger partial charge is 0.322 e. The van der Waals surface area contributed by atoms with Crippen LogP contribution in [-0.2, 0) is 0 Å². The fourth-order valence-corrected chi connectivity index (χ4v) is 2.70. The van der Waals surface area contributed by atoms with E-state index >= 15 is 0 Å². The number of rotatable bonds is 4. The highest BCUT2D eigenvalue weighted by Crippen LogP contribution is 2.29. The number of halogens is 1. The van der Waals surface area contributed by atoms with Gasteiger partial charge in [0.15, 0.2) is 0 Å². The number of amides is 1. The van der Waals surface area contributed by atoms with Crippen molar-refractivity contribution < 1.29 is 4.79 Å². The smallest absolute Gasteiger partial charge is 0.255 e. The van der Waals surface area contributed by atoms with Crippen molar-refractivity contribution in [3.05, 3.63) is 59.7 Å². The van der Waals surface area contributed by atoms with Crippen molar-refractivity contribution >= 4 is 39.3 Å². The van der Waals surface area contributed by atoms with Crippen LogP contribution in [0.15, 0.2) is 53.4 Å². The normalized spacial score (nSPS) is 11.9. The maximum absolute atomic E-state index is 12.3. The zero-order valence-corrected chi connectivity index (χ0v) is 13.8. The van der Waals surface area contributed by atoms with Crippen LogP contribution < -0.4 is 5.32 Å². The second kappa shape index (κ2) is 6.95. The number of alkyl halides is 1. The molecule has 0 aliphatic rings. The highest BCUT2D eigenvalue weighted by Gasteiger charge is 2.11. The first-order valence-corrected chi connectivity index (χ1v) is 8.44. The Morgan fingerprint density at radius 3 is 2.40 bits per heavy atom. The van der Waals surface area contributed by atoms with E-state index in [4.69, 9.17) is 0 Å². The zero-order chi connectivity index (χ0) is 14.5. The molecule has 20 heavy (non-hydrogen) atoms. The lowest BCUT2D eigenvalue weighted by Crippen LogP contribution is -2.13. The molecule has 0 heterocycles. The van der Waals surface area contributed by atoms with Gasteiger partial charge >= 0.3 is 0 Å². The summed E-state index contributed by atoms with van der Waals surface area (Å²) in [6.07, 6.45) is 2.02. The van der Waals surface area contributed by atoms with Crippen LogP contribution in [0.4, 0.5) is 5.69 Å². The minimum absolute atomic E-state index is 0.0850. The summed E-state index contributed by atoms with van der Waals surface area (Å²) in [6.45, 7) is 2.04. The lowest BCUT2D eigenvalue weighted by molar-refractivity contribution is 0.102. The van der Waals surface area contributed by atoms with E-state index in [1.54, 1.807) is 11.8 Å². The molecule has 1 unspecified atom stereocenters. The summed E-state index contributed by atoms with van der Waals surface area (Å²) in [7, 11) is 0. The van der Waals surface area contributed by atoms with Crippen LogP contribution >= 0.6 is 27.7 Å². The Balaban J connectivity index is 2.19. The molecule has 0 bridgehead atoms. The molecular formula is C16H16BrNOS. The molecule has 2 aromatic carbocycles. The highest BCUT2D eigenvalue weighted by molar-refractivity contribution is 9.09. The van der Waals surface area contributed by atoms with Gasteiger partial charge in [-0.1, -0.05) is 34.1 Å². The van der Waals surface area contributed by atoms with Gasteiger partial charge < -0.3 is 5.32 Å². The van der Waals surface area contributed by atoms with Gasteiger partial charge in [-0.25, -0.2) is 0 Å². The summed E-state index contributed by atoms with van der Waals surface area (Å²) < 4.78 is 0. The number of carbonyl (C=O) groups is 1. The first kappa shape index (κ1) is 15.1. The molecule has 0 spiro atoms. The van der Waals surface area contributed by atoms with Gasteiger partial charge in [-0.3, -0.25) is 4.79 Å². The van der Waals surface area contributed by atoms with Crippen molar-refractivity contribution in [1.29, 1.82) is 0 Å². The Bertz CT molecular complexity index is 596. The Kier molecular flexibility index (Phi) is 5.26. The molecule has 1 amide bonds. The van der Waals surface area contributed by atoms with E-state index in [1.165, 1.54) is 0 Å². The van der Waals surface area contributed by atoms with E-state index < -0.39 is 0 Å². The van der Waals surface area contributed by atoms with Gasteiger partial charge in [0, 0.05) is 21.0 Å². The summed E-state index contributed by atoms with van der Waals surface area (Å²) in [5.74, 6) is -0.0850. The lowest BCUT2D eigenvalue weighted by atomic mass is 10.1. The topological polar surface area (TPSA) is 29.1 Å².